The average molecular weight is 141 g/mol. The first-order valence-corrected chi connectivity index (χ1v) is 3.16. The molecule has 56 valence electrons. The van der Waals surface area contributed by atoms with Gasteiger partial charge in [0.05, 0.1) is 12.0 Å². The van der Waals surface area contributed by atoms with Crippen molar-refractivity contribution in [3.8, 4) is 6.07 Å². The van der Waals surface area contributed by atoms with E-state index in [0.717, 1.165) is 0 Å². The highest BCUT2D eigenvalue weighted by Crippen LogP contribution is 2.16. The van der Waals surface area contributed by atoms with Gasteiger partial charge in [0.25, 0.3) is 0 Å². The van der Waals surface area contributed by atoms with E-state index in [1.54, 1.807) is 6.92 Å². The molecule has 0 amide bonds. The summed E-state index contributed by atoms with van der Waals surface area (Å²) < 4.78 is 0. The third-order valence-electron chi connectivity index (χ3n) is 1.51. The monoisotopic (exact) mass is 141 g/mol. The third-order valence-corrected chi connectivity index (χ3v) is 1.51. The van der Waals surface area contributed by atoms with Gasteiger partial charge in [-0.2, -0.15) is 5.26 Å². The molecule has 0 fully saturated rings. The maximum Gasteiger partial charge on any atom is 0.152 e. The summed E-state index contributed by atoms with van der Waals surface area (Å²) in [4.78, 5) is 10.2. The van der Waals surface area contributed by atoms with Gasteiger partial charge >= 0.3 is 0 Å². The van der Waals surface area contributed by atoms with Crippen molar-refractivity contribution < 1.29 is 9.90 Å². The zero-order chi connectivity index (χ0) is 8.20. The van der Waals surface area contributed by atoms with Crippen molar-refractivity contribution in [1.29, 1.82) is 5.26 Å². The lowest BCUT2D eigenvalue weighted by molar-refractivity contribution is -0.125. The van der Waals surface area contributed by atoms with Crippen molar-refractivity contribution >= 4 is 6.29 Å². The van der Waals surface area contributed by atoms with Gasteiger partial charge in [-0.1, -0.05) is 6.92 Å². The second-order valence-electron chi connectivity index (χ2n) is 2.43. The number of carbonyl (C=O) groups is 1. The van der Waals surface area contributed by atoms with Crippen LogP contribution in [-0.4, -0.2) is 17.0 Å². The van der Waals surface area contributed by atoms with E-state index in [2.05, 4.69) is 0 Å². The lowest BCUT2D eigenvalue weighted by Crippen LogP contribution is -2.34. The summed E-state index contributed by atoms with van der Waals surface area (Å²) in [6, 6.07) is 1.86. The van der Waals surface area contributed by atoms with Crippen molar-refractivity contribution in [2.45, 2.75) is 25.9 Å². The molecular weight excluding hydrogens is 130 g/mol. The molecule has 0 saturated heterocycles. The van der Waals surface area contributed by atoms with Gasteiger partial charge in [0.2, 0.25) is 0 Å². The molecular formula is C7H11NO2. The molecule has 1 N–H and O–H groups in total. The zero-order valence-corrected chi connectivity index (χ0v) is 6.16. The summed E-state index contributed by atoms with van der Waals surface area (Å²) in [5.74, 6) is -0.593. The molecule has 0 rings (SSSR count). The minimum absolute atomic E-state index is 0.407. The molecule has 0 aliphatic heterocycles. The normalized spacial score (nSPS) is 18.6. The Hall–Kier alpha value is -0.880. The van der Waals surface area contributed by atoms with Crippen LogP contribution in [0, 0.1) is 17.2 Å². The van der Waals surface area contributed by atoms with Crippen LogP contribution in [-0.2, 0) is 4.79 Å². The quantitative estimate of drug-likeness (QED) is 0.582. The van der Waals surface area contributed by atoms with Gasteiger partial charge in [0.15, 0.2) is 6.29 Å². The van der Waals surface area contributed by atoms with Gasteiger partial charge < -0.3 is 9.90 Å². The summed E-state index contributed by atoms with van der Waals surface area (Å²) in [7, 11) is 0. The Morgan fingerprint density at radius 3 is 2.50 bits per heavy atom. The van der Waals surface area contributed by atoms with Gasteiger partial charge in [0, 0.05) is 0 Å². The molecule has 0 aromatic heterocycles. The number of carbonyl (C=O) groups excluding carboxylic acids is 1. The van der Waals surface area contributed by atoms with Gasteiger partial charge in [-0.3, -0.25) is 0 Å². The Bertz CT molecular complexity index is 157. The standard InChI is InChI=1S/C7H11NO2/c1-3-6(4-8)7(2,10)5-9/h5-6,10H,3H2,1-2H3. The molecule has 2 unspecified atom stereocenters. The Balaban J connectivity index is 4.29. The van der Waals surface area contributed by atoms with Crippen LogP contribution in [0.1, 0.15) is 20.3 Å². The molecule has 0 bridgehead atoms. The fourth-order valence-corrected chi connectivity index (χ4v) is 0.717. The first-order valence-electron chi connectivity index (χ1n) is 3.16. The molecule has 0 spiro atoms. The Kier molecular flexibility index (Phi) is 3.04. The van der Waals surface area contributed by atoms with E-state index < -0.39 is 11.5 Å². The predicted molar refractivity (Wildman–Crippen MR) is 36.1 cm³/mol. The third kappa shape index (κ3) is 1.82. The van der Waals surface area contributed by atoms with Gasteiger partial charge in [-0.15, -0.1) is 0 Å². The van der Waals surface area contributed by atoms with Crippen molar-refractivity contribution in [3.05, 3.63) is 0 Å². The summed E-state index contributed by atoms with van der Waals surface area (Å²) >= 11 is 0. The number of aliphatic hydroxyl groups is 1. The summed E-state index contributed by atoms with van der Waals surface area (Å²) in [6.07, 6.45) is 0.895. The molecule has 0 aromatic carbocycles. The smallest absolute Gasteiger partial charge is 0.152 e. The summed E-state index contributed by atoms with van der Waals surface area (Å²) in [5.41, 5.74) is -1.48. The molecule has 0 radical (unpaired) electrons. The van der Waals surface area contributed by atoms with Crippen molar-refractivity contribution in [2.24, 2.45) is 5.92 Å². The van der Waals surface area contributed by atoms with Crippen LogP contribution in [0.15, 0.2) is 0 Å². The second kappa shape index (κ2) is 3.33. The number of nitriles is 1. The van der Waals surface area contributed by atoms with E-state index >= 15 is 0 Å². The largest absolute Gasteiger partial charge is 0.381 e. The maximum absolute atomic E-state index is 10.2. The summed E-state index contributed by atoms with van der Waals surface area (Å²) in [6.45, 7) is 3.10. The van der Waals surface area contributed by atoms with Gasteiger partial charge in [-0.05, 0) is 13.3 Å². The lowest BCUT2D eigenvalue weighted by Gasteiger charge is -2.19. The number of hydrogen-bond donors (Lipinski definition) is 1. The van der Waals surface area contributed by atoms with Gasteiger partial charge in [0.1, 0.15) is 5.60 Å². The molecule has 0 aromatic rings. The van der Waals surface area contributed by atoms with Crippen LogP contribution in [0.3, 0.4) is 0 Å². The van der Waals surface area contributed by atoms with E-state index in [1.165, 1.54) is 6.92 Å². The minimum atomic E-state index is -1.48. The van der Waals surface area contributed by atoms with Crippen LogP contribution in [0.2, 0.25) is 0 Å². The Morgan fingerprint density at radius 1 is 1.90 bits per heavy atom. The number of hydrogen-bond acceptors (Lipinski definition) is 3. The second-order valence-corrected chi connectivity index (χ2v) is 2.43. The Labute approximate surface area is 60.3 Å². The van der Waals surface area contributed by atoms with E-state index in [1.807, 2.05) is 6.07 Å². The van der Waals surface area contributed by atoms with Gasteiger partial charge in [-0.25, -0.2) is 0 Å². The van der Waals surface area contributed by atoms with Crippen LogP contribution in [0.5, 0.6) is 0 Å². The van der Waals surface area contributed by atoms with E-state index in [9.17, 15) is 9.90 Å². The highest BCUT2D eigenvalue weighted by Gasteiger charge is 2.29. The minimum Gasteiger partial charge on any atom is -0.381 e. The SMILES string of the molecule is CCC(C#N)C(C)(O)C=O. The molecule has 0 aliphatic rings. The molecule has 3 heteroatoms. The average Bonchev–Trinajstić information content (AvgIpc) is 1.90. The van der Waals surface area contributed by atoms with Crippen molar-refractivity contribution in [2.75, 3.05) is 0 Å². The predicted octanol–water partition coefficient (Wildman–Crippen LogP) is 0.486. The molecule has 0 aliphatic carbocycles. The first-order chi connectivity index (χ1) is 4.58. The zero-order valence-electron chi connectivity index (χ0n) is 6.16. The number of aldehydes is 1. The highest BCUT2D eigenvalue weighted by atomic mass is 16.3. The van der Waals surface area contributed by atoms with Crippen LogP contribution >= 0.6 is 0 Å². The molecule has 3 nitrogen and oxygen atoms in total. The molecule has 0 heterocycles. The summed E-state index contributed by atoms with van der Waals surface area (Å²) in [5, 5.41) is 17.6. The van der Waals surface area contributed by atoms with E-state index in [4.69, 9.17) is 5.26 Å². The van der Waals surface area contributed by atoms with E-state index in [-0.39, 0.29) is 0 Å². The van der Waals surface area contributed by atoms with Crippen LogP contribution in [0.25, 0.3) is 0 Å². The lowest BCUT2D eigenvalue weighted by atomic mass is 9.90. The Morgan fingerprint density at radius 2 is 2.40 bits per heavy atom. The molecule has 2 atom stereocenters. The van der Waals surface area contributed by atoms with Crippen molar-refractivity contribution in [1.82, 2.24) is 0 Å². The van der Waals surface area contributed by atoms with Crippen LogP contribution in [0.4, 0.5) is 0 Å². The first kappa shape index (κ1) is 9.12. The van der Waals surface area contributed by atoms with Crippen molar-refractivity contribution in [3.63, 3.8) is 0 Å². The van der Waals surface area contributed by atoms with Crippen LogP contribution < -0.4 is 0 Å². The van der Waals surface area contributed by atoms with E-state index in [0.29, 0.717) is 12.7 Å². The highest BCUT2D eigenvalue weighted by molar-refractivity contribution is 5.62. The number of nitrogens with zero attached hydrogens (tertiary/aromatic N) is 1. The molecule has 0 saturated carbocycles. The fraction of sp³-hybridized carbons (Fsp3) is 0.714. The molecule has 10 heavy (non-hydrogen) atoms. The topological polar surface area (TPSA) is 61.1 Å². The maximum atomic E-state index is 10.2. The fourth-order valence-electron chi connectivity index (χ4n) is 0.717. The number of rotatable bonds is 3.